The highest BCUT2D eigenvalue weighted by Gasteiger charge is 2.20. The molecular weight excluding hydrogens is 857 g/mol. The van der Waals surface area contributed by atoms with Crippen molar-refractivity contribution in [1.29, 1.82) is 0 Å². The number of aliphatic hydroxyl groups is 1. The van der Waals surface area contributed by atoms with Crippen LogP contribution in [0.2, 0.25) is 0 Å². The number of carbonyl (C=O) groups is 1. The van der Waals surface area contributed by atoms with Crippen LogP contribution in [0.4, 0.5) is 0 Å². The third-order valence-corrected chi connectivity index (χ3v) is 12.0. The Morgan fingerprint density at radius 1 is 0.569 bits per heavy atom. The molecule has 0 atom stereocenters. The maximum absolute atomic E-state index is 11.2. The second-order valence-corrected chi connectivity index (χ2v) is 17.7. The van der Waals surface area contributed by atoms with Crippen LogP contribution >= 0.6 is 23.5 Å². The summed E-state index contributed by atoms with van der Waals surface area (Å²) >= 11 is 3.12. The number of hydrogen-bond acceptors (Lipinski definition) is 12. The first-order valence-electron chi connectivity index (χ1n) is 20.8. The van der Waals surface area contributed by atoms with Crippen molar-refractivity contribution in [2.75, 3.05) is 14.2 Å². The van der Waals surface area contributed by atoms with Gasteiger partial charge in [0.1, 0.15) is 34.5 Å². The van der Waals surface area contributed by atoms with Crippen molar-refractivity contribution in [2.24, 2.45) is 0 Å². The Kier molecular flexibility index (Phi) is 14.6. The number of furan rings is 2. The number of ether oxygens (including phenoxy) is 2. The molecule has 0 saturated carbocycles. The van der Waals surface area contributed by atoms with E-state index >= 15 is 0 Å². The zero-order valence-electron chi connectivity index (χ0n) is 37.5. The number of aromatic carboxylic acids is 1. The number of nitrogens with zero attached hydrogens (tertiary/aromatic N) is 4. The van der Waals surface area contributed by atoms with Crippen LogP contribution in [-0.4, -0.2) is 50.3 Å². The number of methoxy groups -OCH3 is 2. The monoisotopic (exact) mass is 906 g/mol. The Balaban J connectivity index is 0.000000194. The summed E-state index contributed by atoms with van der Waals surface area (Å²) in [6.07, 6.45) is 0. The minimum atomic E-state index is -0.962. The molecule has 8 aromatic rings. The highest BCUT2D eigenvalue weighted by Crippen LogP contribution is 2.39. The fourth-order valence-electron chi connectivity index (χ4n) is 6.99. The van der Waals surface area contributed by atoms with Gasteiger partial charge in [-0.1, -0.05) is 84.2 Å². The molecule has 2 N–H and O–H groups in total. The van der Waals surface area contributed by atoms with Crippen LogP contribution in [0.3, 0.4) is 0 Å². The number of benzene rings is 4. The van der Waals surface area contributed by atoms with Gasteiger partial charge in [0.05, 0.1) is 25.4 Å². The Morgan fingerprint density at radius 3 is 1.34 bits per heavy atom. The zero-order chi connectivity index (χ0) is 46.3. The highest BCUT2D eigenvalue weighted by atomic mass is 32.2. The van der Waals surface area contributed by atoms with Gasteiger partial charge >= 0.3 is 5.97 Å². The van der Waals surface area contributed by atoms with Gasteiger partial charge in [-0.2, -0.15) is 0 Å². The summed E-state index contributed by atoms with van der Waals surface area (Å²) in [6, 6.07) is 38.0. The van der Waals surface area contributed by atoms with Crippen molar-refractivity contribution in [2.45, 2.75) is 69.0 Å². The van der Waals surface area contributed by atoms with Crippen LogP contribution in [0.1, 0.15) is 63.7 Å². The molecule has 0 aliphatic heterocycles. The first kappa shape index (κ1) is 46.3. The van der Waals surface area contributed by atoms with E-state index in [-0.39, 0.29) is 5.56 Å². The smallest absolute Gasteiger partial charge is 0.335 e. The standard InChI is InChI=1S/C27H28N2O3S.C25H22N2O4S/c1-17-13-18(2)29-26(28-17)33-16-21-15-24(20-7-6-8-23(14-20)31-5)32-25(21)19-9-11-22(12-10-19)27(3,4)30;1-15-11-16(2)27-25(26-15)32-14-20-13-22(19-5-4-6-21(12-19)30-3)31-23(20)17-7-9-18(10-8-17)24(28)29/h6-15,30H,16H2,1-5H3;4-13H,14H2,1-3H3,(H,28,29). The Hall–Kier alpha value is -6.67. The molecule has 0 aliphatic carbocycles. The quantitative estimate of drug-likeness (QED) is 0.0786. The van der Waals surface area contributed by atoms with Crippen LogP contribution in [0.5, 0.6) is 11.5 Å². The lowest BCUT2D eigenvalue weighted by atomic mass is 9.96. The molecule has 11 nitrogen and oxygen atoms in total. The first-order valence-corrected chi connectivity index (χ1v) is 22.7. The molecule has 0 amide bonds. The summed E-state index contributed by atoms with van der Waals surface area (Å²) < 4.78 is 23.4. The van der Waals surface area contributed by atoms with E-state index in [9.17, 15) is 15.0 Å². The van der Waals surface area contributed by atoms with Crippen molar-refractivity contribution in [3.05, 3.63) is 166 Å². The predicted octanol–water partition coefficient (Wildman–Crippen LogP) is 12.6. The normalized spacial score (nSPS) is 11.2. The minimum Gasteiger partial charge on any atom is -0.497 e. The molecule has 4 aromatic heterocycles. The third-order valence-electron chi connectivity index (χ3n) is 10.2. The lowest BCUT2D eigenvalue weighted by molar-refractivity contribution is 0.0696. The SMILES string of the molecule is COc1cccc(-c2cc(CSc3nc(C)cc(C)n3)c(-c3ccc(C(=O)O)cc3)o2)c1.COc1cccc(-c2cc(CSc3nc(C)cc(C)n3)c(-c3ccc(C(C)(C)O)cc3)o2)c1. The highest BCUT2D eigenvalue weighted by molar-refractivity contribution is 7.98. The van der Waals surface area contributed by atoms with Gasteiger partial charge in [0, 0.05) is 67.7 Å². The molecule has 0 radical (unpaired) electrons. The fraction of sp³-hybridized carbons (Fsp3) is 0.212. The second kappa shape index (κ2) is 20.4. The molecule has 4 aromatic carbocycles. The van der Waals surface area contributed by atoms with Gasteiger partial charge in [0.15, 0.2) is 10.3 Å². The number of aryl methyl sites for hydroxylation is 4. The summed E-state index contributed by atoms with van der Waals surface area (Å²) in [6.45, 7) is 11.4. The number of aromatic nitrogens is 4. The number of carboxylic acid groups (broad SMARTS) is 1. The van der Waals surface area contributed by atoms with E-state index in [1.807, 2.05) is 119 Å². The molecule has 0 unspecified atom stereocenters. The van der Waals surface area contributed by atoms with E-state index < -0.39 is 11.6 Å². The van der Waals surface area contributed by atoms with Crippen LogP contribution in [-0.2, 0) is 17.1 Å². The number of rotatable bonds is 14. The first-order chi connectivity index (χ1) is 31.1. The molecule has 0 aliphatic rings. The predicted molar refractivity (Wildman–Crippen MR) is 257 cm³/mol. The van der Waals surface area contributed by atoms with Crippen LogP contribution in [0.15, 0.2) is 140 Å². The van der Waals surface area contributed by atoms with Gasteiger partial charge in [0.2, 0.25) is 0 Å². The van der Waals surface area contributed by atoms with E-state index in [1.54, 1.807) is 64.1 Å². The molecule has 4 heterocycles. The summed E-state index contributed by atoms with van der Waals surface area (Å²) in [5.74, 6) is 4.79. The van der Waals surface area contributed by atoms with Crippen molar-refractivity contribution in [3.8, 4) is 56.8 Å². The number of carboxylic acids is 1. The van der Waals surface area contributed by atoms with E-state index in [0.29, 0.717) is 28.2 Å². The van der Waals surface area contributed by atoms with Gasteiger partial charge in [-0.15, -0.1) is 0 Å². The van der Waals surface area contributed by atoms with Crippen molar-refractivity contribution >= 4 is 29.5 Å². The number of hydrogen-bond donors (Lipinski definition) is 2. The van der Waals surface area contributed by atoms with Gasteiger partial charge in [-0.3, -0.25) is 0 Å². The molecule has 0 bridgehead atoms. The van der Waals surface area contributed by atoms with Crippen molar-refractivity contribution < 1.29 is 33.3 Å². The lowest BCUT2D eigenvalue weighted by Crippen LogP contribution is -2.14. The topological polar surface area (TPSA) is 154 Å². The van der Waals surface area contributed by atoms with E-state index in [1.165, 1.54) is 11.8 Å². The van der Waals surface area contributed by atoms with Crippen molar-refractivity contribution in [3.63, 3.8) is 0 Å². The largest absolute Gasteiger partial charge is 0.497 e. The fourth-order valence-corrected chi connectivity index (χ4v) is 8.82. The van der Waals surface area contributed by atoms with E-state index in [4.69, 9.17) is 18.3 Å². The molecule has 65 heavy (non-hydrogen) atoms. The Morgan fingerprint density at radius 2 is 0.969 bits per heavy atom. The lowest BCUT2D eigenvalue weighted by Gasteiger charge is -2.17. The molecular formula is C52H50N4O7S2. The van der Waals surface area contributed by atoms with Crippen LogP contribution in [0, 0.1) is 27.7 Å². The Labute approximate surface area is 387 Å². The third kappa shape index (κ3) is 11.9. The molecule has 0 fully saturated rings. The average molecular weight is 907 g/mol. The molecule has 8 rings (SSSR count). The van der Waals surface area contributed by atoms with Gasteiger partial charge in [0.25, 0.3) is 0 Å². The van der Waals surface area contributed by atoms with E-state index in [0.717, 1.165) is 89.9 Å². The summed E-state index contributed by atoms with van der Waals surface area (Å²) in [7, 11) is 3.28. The van der Waals surface area contributed by atoms with Crippen LogP contribution in [0.25, 0.3) is 45.3 Å². The maximum atomic E-state index is 11.2. The average Bonchev–Trinajstić information content (AvgIpc) is 3.92. The second-order valence-electron chi connectivity index (χ2n) is 15.9. The zero-order valence-corrected chi connectivity index (χ0v) is 39.1. The van der Waals surface area contributed by atoms with Crippen LogP contribution < -0.4 is 9.47 Å². The minimum absolute atomic E-state index is 0.230. The summed E-state index contributed by atoms with van der Waals surface area (Å²) in [5.41, 5.74) is 9.57. The molecule has 0 spiro atoms. The van der Waals surface area contributed by atoms with Gasteiger partial charge in [-0.25, -0.2) is 24.7 Å². The number of thioether (sulfide) groups is 2. The van der Waals surface area contributed by atoms with Gasteiger partial charge < -0.3 is 28.5 Å². The summed E-state index contributed by atoms with van der Waals surface area (Å²) in [5, 5.41) is 21.0. The molecule has 332 valence electrons. The summed E-state index contributed by atoms with van der Waals surface area (Å²) in [4.78, 5) is 29.4. The van der Waals surface area contributed by atoms with Gasteiger partial charge in [-0.05, 0) is 108 Å². The van der Waals surface area contributed by atoms with E-state index in [2.05, 4.69) is 26.0 Å². The Bertz CT molecular complexity index is 2880. The van der Waals surface area contributed by atoms with Crippen molar-refractivity contribution in [1.82, 2.24) is 19.9 Å². The molecule has 0 saturated heterocycles. The molecule has 13 heteroatoms. The maximum Gasteiger partial charge on any atom is 0.335 e.